The van der Waals surface area contributed by atoms with E-state index < -0.39 is 17.6 Å². The van der Waals surface area contributed by atoms with E-state index in [1.807, 2.05) is 36.7 Å². The van der Waals surface area contributed by atoms with Gasteiger partial charge in [-0.05, 0) is 66.6 Å². The molecule has 2 aromatic carbocycles. The van der Waals surface area contributed by atoms with Crippen molar-refractivity contribution in [2.45, 2.75) is 57.5 Å². The second-order valence-corrected chi connectivity index (χ2v) is 11.0. The smallest absolute Gasteiger partial charge is 0.376 e. The first-order chi connectivity index (χ1) is 18.7. The Morgan fingerprint density at radius 1 is 1.18 bits per heavy atom. The van der Waals surface area contributed by atoms with Crippen molar-refractivity contribution in [3.8, 4) is 0 Å². The number of nitrogens with zero attached hydrogens (tertiary/aromatic N) is 5. The Hall–Kier alpha value is -3.24. The molecular weight excluding hydrogens is 507 g/mol. The van der Waals surface area contributed by atoms with Gasteiger partial charge in [0.05, 0.1) is 24.8 Å². The van der Waals surface area contributed by atoms with Crippen LogP contribution in [0.25, 0.3) is 0 Å². The van der Waals surface area contributed by atoms with E-state index in [4.69, 9.17) is 4.74 Å². The van der Waals surface area contributed by atoms with E-state index in [-0.39, 0.29) is 29.7 Å². The molecule has 3 aliphatic rings. The van der Waals surface area contributed by atoms with Gasteiger partial charge in [0, 0.05) is 43.9 Å². The van der Waals surface area contributed by atoms with Crippen molar-refractivity contribution in [1.29, 1.82) is 0 Å². The molecule has 39 heavy (non-hydrogen) atoms. The minimum absolute atomic E-state index is 0.0135. The molecule has 2 atom stereocenters. The Morgan fingerprint density at radius 3 is 2.67 bits per heavy atom. The van der Waals surface area contributed by atoms with Crippen LogP contribution in [0.3, 0.4) is 0 Å². The Morgan fingerprint density at radius 2 is 2.00 bits per heavy atom. The number of alkyl halides is 3. The summed E-state index contributed by atoms with van der Waals surface area (Å²) in [5, 5.41) is 8.43. The van der Waals surface area contributed by atoms with Gasteiger partial charge in [0.25, 0.3) is 5.91 Å². The lowest BCUT2D eigenvalue weighted by Gasteiger charge is -2.33. The molecule has 3 aromatic rings. The van der Waals surface area contributed by atoms with E-state index in [0.29, 0.717) is 43.4 Å². The highest BCUT2D eigenvalue weighted by Gasteiger charge is 2.41. The predicted molar refractivity (Wildman–Crippen MR) is 139 cm³/mol. The van der Waals surface area contributed by atoms with Gasteiger partial charge in [-0.25, -0.2) is 0 Å². The second kappa shape index (κ2) is 10.1. The van der Waals surface area contributed by atoms with Gasteiger partial charge in [-0.1, -0.05) is 18.6 Å². The van der Waals surface area contributed by atoms with Crippen LogP contribution < -0.4 is 4.90 Å². The number of aryl methyl sites for hydroxylation is 1. The molecule has 0 radical (unpaired) electrons. The lowest BCUT2D eigenvalue weighted by atomic mass is 9.72. The molecule has 1 aromatic heterocycles. The largest absolute Gasteiger partial charge is 0.416 e. The number of anilines is 1. The maximum absolute atomic E-state index is 14.2. The highest BCUT2D eigenvalue weighted by molar-refractivity contribution is 6.10. The molecule has 206 valence electrons. The summed E-state index contributed by atoms with van der Waals surface area (Å²) in [7, 11) is 1.92. The predicted octanol–water partition coefficient (Wildman–Crippen LogP) is 5.15. The van der Waals surface area contributed by atoms with E-state index >= 15 is 0 Å². The summed E-state index contributed by atoms with van der Waals surface area (Å²) in [5.74, 6) is 0.884. The number of fused-ring (bicyclic) bond motifs is 1. The molecule has 7 nitrogen and oxygen atoms in total. The minimum atomic E-state index is -4.56. The second-order valence-electron chi connectivity index (χ2n) is 11.0. The van der Waals surface area contributed by atoms with Gasteiger partial charge in [-0.2, -0.15) is 13.2 Å². The fourth-order valence-electron chi connectivity index (χ4n) is 6.18. The molecule has 1 unspecified atom stereocenters. The molecule has 3 heterocycles. The molecule has 6 rings (SSSR count). The van der Waals surface area contributed by atoms with Crippen molar-refractivity contribution in [3.63, 3.8) is 0 Å². The van der Waals surface area contributed by atoms with Crippen LogP contribution in [0.15, 0.2) is 42.7 Å². The zero-order valence-electron chi connectivity index (χ0n) is 22.1. The van der Waals surface area contributed by atoms with Crippen LogP contribution in [0.4, 0.5) is 18.9 Å². The third kappa shape index (κ3) is 4.96. The lowest BCUT2D eigenvalue weighted by molar-refractivity contribution is -0.138. The van der Waals surface area contributed by atoms with Crippen LogP contribution in [0.2, 0.25) is 0 Å². The van der Waals surface area contributed by atoms with Crippen molar-refractivity contribution in [2.24, 2.45) is 13.0 Å². The first-order valence-corrected chi connectivity index (χ1v) is 13.5. The average Bonchev–Trinajstić information content (AvgIpc) is 3.43. The van der Waals surface area contributed by atoms with Crippen LogP contribution in [-0.4, -0.2) is 51.4 Å². The first kappa shape index (κ1) is 26.0. The minimum Gasteiger partial charge on any atom is -0.376 e. The molecule has 0 spiro atoms. The molecule has 1 saturated heterocycles. The summed E-state index contributed by atoms with van der Waals surface area (Å²) in [6, 6.07) is 10.5. The maximum atomic E-state index is 14.2. The standard InChI is InChI=1S/C29H32F3N5O2/c1-18-14-36(9-10-39-18)15-19-11-23-24(25(12-19)29(30,31)32)16-37(28(23)38)22-8-4-7-21(13-22)26(20-5-3-6-20)27-34-33-17-35(27)2/h4,7-8,11-13,17-18,20,26H,3,5-6,9-10,14-16H2,1-2H3/t18?,26-/m0/s1. The van der Waals surface area contributed by atoms with Crippen molar-refractivity contribution in [3.05, 3.63) is 76.4 Å². The number of morpholine rings is 1. The number of benzene rings is 2. The normalized spacial score (nSPS) is 21.2. The SMILES string of the molecule is CC1CN(Cc2cc3c(c(C(F)(F)F)c2)CN(c2cccc([C@@H](c4nncn4C)C4CCC4)c2)C3=O)CCO1. The van der Waals surface area contributed by atoms with Crippen LogP contribution in [0.1, 0.15) is 70.5 Å². The Labute approximate surface area is 225 Å². The summed E-state index contributed by atoms with van der Waals surface area (Å²) in [4.78, 5) is 17.2. The average molecular weight is 540 g/mol. The van der Waals surface area contributed by atoms with Crippen LogP contribution in [-0.2, 0) is 31.1 Å². The van der Waals surface area contributed by atoms with Gasteiger partial charge in [0.15, 0.2) is 0 Å². The summed E-state index contributed by atoms with van der Waals surface area (Å²) in [5.41, 5.74) is 1.53. The van der Waals surface area contributed by atoms with E-state index in [2.05, 4.69) is 15.1 Å². The maximum Gasteiger partial charge on any atom is 0.416 e. The number of hydrogen-bond donors (Lipinski definition) is 0. The summed E-state index contributed by atoms with van der Waals surface area (Å²) >= 11 is 0. The molecule has 2 aliphatic heterocycles. The Balaban J connectivity index is 1.33. The molecular formula is C29H32F3N5O2. The van der Waals surface area contributed by atoms with Crippen molar-refractivity contribution < 1.29 is 22.7 Å². The number of amides is 1. The number of rotatable bonds is 6. The Kier molecular flexibility index (Phi) is 6.71. The van der Waals surface area contributed by atoms with Crippen LogP contribution >= 0.6 is 0 Å². The summed E-state index contributed by atoms with van der Waals surface area (Å²) in [6.45, 7) is 4.00. The summed E-state index contributed by atoms with van der Waals surface area (Å²) < 4.78 is 50.2. The van der Waals surface area contributed by atoms with Crippen LogP contribution in [0.5, 0.6) is 0 Å². The lowest BCUT2D eigenvalue weighted by Crippen LogP contribution is -2.40. The molecule has 1 saturated carbocycles. The third-order valence-corrected chi connectivity index (χ3v) is 8.33. The topological polar surface area (TPSA) is 63.5 Å². The van der Waals surface area contributed by atoms with Gasteiger partial charge < -0.3 is 14.2 Å². The number of hydrogen-bond acceptors (Lipinski definition) is 5. The van der Waals surface area contributed by atoms with Crippen molar-refractivity contribution in [1.82, 2.24) is 19.7 Å². The van der Waals surface area contributed by atoms with Crippen molar-refractivity contribution >= 4 is 11.6 Å². The molecule has 2 fully saturated rings. The first-order valence-electron chi connectivity index (χ1n) is 13.5. The molecule has 1 amide bonds. The van der Waals surface area contributed by atoms with E-state index in [9.17, 15) is 18.0 Å². The fraction of sp³-hybridized carbons (Fsp3) is 0.483. The number of aromatic nitrogens is 3. The quantitative estimate of drug-likeness (QED) is 0.434. The van der Waals surface area contributed by atoms with Gasteiger partial charge >= 0.3 is 6.18 Å². The molecule has 10 heteroatoms. The van der Waals surface area contributed by atoms with E-state index in [1.54, 1.807) is 18.5 Å². The zero-order valence-corrected chi connectivity index (χ0v) is 22.1. The summed E-state index contributed by atoms with van der Waals surface area (Å²) in [6.07, 6.45) is 0.455. The number of carbonyl (C=O) groups excluding carboxylic acids is 1. The Bertz CT molecular complexity index is 1380. The monoisotopic (exact) mass is 539 g/mol. The van der Waals surface area contributed by atoms with Gasteiger partial charge in [-0.3, -0.25) is 9.69 Å². The third-order valence-electron chi connectivity index (χ3n) is 8.33. The number of carbonyl (C=O) groups is 1. The van der Waals surface area contributed by atoms with Crippen molar-refractivity contribution in [2.75, 3.05) is 24.6 Å². The molecule has 0 bridgehead atoms. The van der Waals surface area contributed by atoms with E-state index in [1.165, 1.54) is 11.0 Å². The zero-order chi connectivity index (χ0) is 27.3. The van der Waals surface area contributed by atoms with Gasteiger partial charge in [0.2, 0.25) is 0 Å². The van der Waals surface area contributed by atoms with Gasteiger partial charge in [-0.15, -0.1) is 10.2 Å². The highest BCUT2D eigenvalue weighted by Crippen LogP contribution is 2.44. The van der Waals surface area contributed by atoms with Crippen LogP contribution in [0, 0.1) is 5.92 Å². The number of halogens is 3. The fourth-order valence-corrected chi connectivity index (χ4v) is 6.18. The van der Waals surface area contributed by atoms with Gasteiger partial charge in [0.1, 0.15) is 12.2 Å². The number of ether oxygens (including phenoxy) is 1. The molecule has 1 aliphatic carbocycles. The highest BCUT2D eigenvalue weighted by atomic mass is 19.4. The van der Waals surface area contributed by atoms with E-state index in [0.717, 1.165) is 30.7 Å². The molecule has 0 N–H and O–H groups in total.